The van der Waals surface area contributed by atoms with E-state index in [0.717, 1.165) is 11.6 Å². The second-order valence-electron chi connectivity index (χ2n) is 5.46. The number of hydrogen-bond donors (Lipinski definition) is 1. The molecule has 18 heavy (non-hydrogen) atoms. The zero-order valence-corrected chi connectivity index (χ0v) is 11.7. The lowest BCUT2D eigenvalue weighted by Gasteiger charge is -2.32. The Labute approximate surface area is 110 Å². The van der Waals surface area contributed by atoms with Gasteiger partial charge < -0.3 is 10.2 Å². The van der Waals surface area contributed by atoms with E-state index in [0.29, 0.717) is 12.1 Å². The topological polar surface area (TPSA) is 41.0 Å². The smallest absolute Gasteiger partial charge is 0.134 e. The Kier molecular flexibility index (Phi) is 4.39. The molecule has 1 aromatic heterocycles. The normalized spacial score (nSPS) is 16.9. The summed E-state index contributed by atoms with van der Waals surface area (Å²) in [7, 11) is 2.15. The molecule has 0 saturated heterocycles. The summed E-state index contributed by atoms with van der Waals surface area (Å²) in [6.07, 6.45) is 8.29. The largest absolute Gasteiger partial charge is 0.368 e. The summed E-state index contributed by atoms with van der Waals surface area (Å²) in [5.74, 6) is 1.94. The van der Waals surface area contributed by atoms with Gasteiger partial charge in [0, 0.05) is 25.2 Å². The average molecular weight is 248 g/mol. The molecular weight excluding hydrogens is 224 g/mol. The lowest BCUT2D eigenvalue weighted by Crippen LogP contribution is -2.34. The number of nitrogens with zero attached hydrogens (tertiary/aromatic N) is 3. The van der Waals surface area contributed by atoms with Gasteiger partial charge >= 0.3 is 0 Å². The summed E-state index contributed by atoms with van der Waals surface area (Å²) in [5.41, 5.74) is 0. The molecule has 1 aliphatic carbocycles. The van der Waals surface area contributed by atoms with Crippen LogP contribution in [-0.4, -0.2) is 29.1 Å². The Morgan fingerprint density at radius 3 is 2.61 bits per heavy atom. The summed E-state index contributed by atoms with van der Waals surface area (Å²) in [4.78, 5) is 11.0. The SMILES string of the molecule is CC(C)Nc1cc(N(C)C2CCCCC2)ncn1. The first-order chi connectivity index (χ1) is 8.66. The Balaban J connectivity index is 2.06. The van der Waals surface area contributed by atoms with Gasteiger partial charge in [0.25, 0.3) is 0 Å². The van der Waals surface area contributed by atoms with Crippen molar-refractivity contribution < 1.29 is 0 Å². The van der Waals surface area contributed by atoms with Gasteiger partial charge in [-0.3, -0.25) is 0 Å². The van der Waals surface area contributed by atoms with Crippen LogP contribution in [0.15, 0.2) is 12.4 Å². The third-order valence-corrected chi connectivity index (χ3v) is 3.57. The summed E-state index contributed by atoms with van der Waals surface area (Å²) in [5, 5.41) is 3.33. The van der Waals surface area contributed by atoms with Crippen molar-refractivity contribution in [3.63, 3.8) is 0 Å². The molecule has 4 heteroatoms. The first kappa shape index (κ1) is 13.1. The van der Waals surface area contributed by atoms with Crippen LogP contribution < -0.4 is 10.2 Å². The van der Waals surface area contributed by atoms with Crippen LogP contribution in [-0.2, 0) is 0 Å². The molecule has 2 rings (SSSR count). The molecule has 1 N–H and O–H groups in total. The molecule has 0 aliphatic heterocycles. The molecule has 1 fully saturated rings. The maximum atomic E-state index is 4.40. The van der Waals surface area contributed by atoms with E-state index in [-0.39, 0.29) is 0 Å². The van der Waals surface area contributed by atoms with Crippen molar-refractivity contribution in [1.82, 2.24) is 9.97 Å². The van der Waals surface area contributed by atoms with E-state index in [4.69, 9.17) is 0 Å². The van der Waals surface area contributed by atoms with Crippen LogP contribution in [0.3, 0.4) is 0 Å². The van der Waals surface area contributed by atoms with Gasteiger partial charge in [-0.2, -0.15) is 0 Å². The monoisotopic (exact) mass is 248 g/mol. The summed E-state index contributed by atoms with van der Waals surface area (Å²) in [6.45, 7) is 4.24. The number of aromatic nitrogens is 2. The Hall–Kier alpha value is -1.32. The minimum Gasteiger partial charge on any atom is -0.368 e. The van der Waals surface area contributed by atoms with Crippen molar-refractivity contribution in [2.24, 2.45) is 0 Å². The molecule has 0 unspecified atom stereocenters. The first-order valence-corrected chi connectivity index (χ1v) is 6.98. The van der Waals surface area contributed by atoms with E-state index in [1.165, 1.54) is 32.1 Å². The van der Waals surface area contributed by atoms with Crippen molar-refractivity contribution >= 4 is 11.6 Å². The van der Waals surface area contributed by atoms with Crippen LogP contribution in [0.5, 0.6) is 0 Å². The molecule has 0 radical (unpaired) electrons. The van der Waals surface area contributed by atoms with E-state index in [1.54, 1.807) is 6.33 Å². The Bertz CT molecular complexity index is 372. The second-order valence-corrected chi connectivity index (χ2v) is 5.46. The molecular formula is C14H24N4. The predicted octanol–water partition coefficient (Wildman–Crippen LogP) is 3.07. The third-order valence-electron chi connectivity index (χ3n) is 3.57. The van der Waals surface area contributed by atoms with Crippen LogP contribution in [0.25, 0.3) is 0 Å². The molecule has 0 spiro atoms. The highest BCUT2D eigenvalue weighted by atomic mass is 15.2. The number of hydrogen-bond acceptors (Lipinski definition) is 4. The molecule has 0 amide bonds. The quantitative estimate of drug-likeness (QED) is 0.889. The third kappa shape index (κ3) is 3.34. The van der Waals surface area contributed by atoms with Gasteiger partial charge in [-0.15, -0.1) is 0 Å². The van der Waals surface area contributed by atoms with Gasteiger partial charge in [0.2, 0.25) is 0 Å². The maximum Gasteiger partial charge on any atom is 0.134 e. The van der Waals surface area contributed by atoms with Gasteiger partial charge in [0.1, 0.15) is 18.0 Å². The van der Waals surface area contributed by atoms with Gasteiger partial charge in [-0.05, 0) is 26.7 Å². The first-order valence-electron chi connectivity index (χ1n) is 6.98. The molecule has 0 aromatic carbocycles. The average Bonchev–Trinajstić information content (AvgIpc) is 2.38. The van der Waals surface area contributed by atoms with Crippen molar-refractivity contribution in [1.29, 1.82) is 0 Å². The van der Waals surface area contributed by atoms with Crippen LogP contribution in [0, 0.1) is 0 Å². The van der Waals surface area contributed by atoms with E-state index >= 15 is 0 Å². The summed E-state index contributed by atoms with van der Waals surface area (Å²) < 4.78 is 0. The molecule has 0 atom stereocenters. The minimum absolute atomic E-state index is 0.396. The van der Waals surface area contributed by atoms with Crippen molar-refractivity contribution in [2.75, 3.05) is 17.3 Å². The van der Waals surface area contributed by atoms with E-state index in [1.807, 2.05) is 0 Å². The van der Waals surface area contributed by atoms with Crippen LogP contribution in [0.4, 0.5) is 11.6 Å². The number of nitrogens with one attached hydrogen (secondary N) is 1. The Morgan fingerprint density at radius 1 is 1.22 bits per heavy atom. The molecule has 1 heterocycles. The number of anilines is 2. The highest BCUT2D eigenvalue weighted by Gasteiger charge is 2.19. The van der Waals surface area contributed by atoms with E-state index < -0.39 is 0 Å². The fraction of sp³-hybridized carbons (Fsp3) is 0.714. The van der Waals surface area contributed by atoms with E-state index in [9.17, 15) is 0 Å². The molecule has 0 bridgehead atoms. The molecule has 1 aromatic rings. The van der Waals surface area contributed by atoms with E-state index in [2.05, 4.69) is 47.1 Å². The van der Waals surface area contributed by atoms with Gasteiger partial charge in [-0.1, -0.05) is 19.3 Å². The van der Waals surface area contributed by atoms with Crippen LogP contribution >= 0.6 is 0 Å². The second kappa shape index (κ2) is 6.03. The molecule has 1 aliphatic rings. The van der Waals surface area contributed by atoms with Crippen molar-refractivity contribution in [3.8, 4) is 0 Å². The molecule has 4 nitrogen and oxygen atoms in total. The minimum atomic E-state index is 0.396. The van der Waals surface area contributed by atoms with Gasteiger partial charge in [-0.25, -0.2) is 9.97 Å². The summed E-state index contributed by atoms with van der Waals surface area (Å²) >= 11 is 0. The standard InChI is InChI=1S/C14H24N4/c1-11(2)17-13-9-14(16-10-15-13)18(3)12-7-5-4-6-8-12/h9-12H,4-8H2,1-3H3,(H,15,16,17). The highest BCUT2D eigenvalue weighted by molar-refractivity contribution is 5.48. The van der Waals surface area contributed by atoms with Crippen molar-refractivity contribution in [3.05, 3.63) is 12.4 Å². The van der Waals surface area contributed by atoms with Crippen LogP contribution in [0.1, 0.15) is 46.0 Å². The molecule has 100 valence electrons. The fourth-order valence-electron chi connectivity index (χ4n) is 2.57. The van der Waals surface area contributed by atoms with Crippen molar-refractivity contribution in [2.45, 2.75) is 58.0 Å². The number of rotatable bonds is 4. The maximum absolute atomic E-state index is 4.40. The van der Waals surface area contributed by atoms with Crippen LogP contribution in [0.2, 0.25) is 0 Å². The zero-order valence-electron chi connectivity index (χ0n) is 11.7. The zero-order chi connectivity index (χ0) is 13.0. The predicted molar refractivity (Wildman–Crippen MR) is 76.1 cm³/mol. The summed E-state index contributed by atoms with van der Waals surface area (Å²) in [6, 6.07) is 3.09. The highest BCUT2D eigenvalue weighted by Crippen LogP contribution is 2.25. The lowest BCUT2D eigenvalue weighted by atomic mass is 9.94. The fourth-order valence-corrected chi connectivity index (χ4v) is 2.57. The van der Waals surface area contributed by atoms with Gasteiger partial charge in [0.15, 0.2) is 0 Å². The van der Waals surface area contributed by atoms with Gasteiger partial charge in [0.05, 0.1) is 0 Å². The lowest BCUT2D eigenvalue weighted by molar-refractivity contribution is 0.426. The molecule has 1 saturated carbocycles. The Morgan fingerprint density at radius 2 is 1.94 bits per heavy atom.